The van der Waals surface area contributed by atoms with Gasteiger partial charge in [0, 0.05) is 32.2 Å². The Hall–Kier alpha value is -0.120. The third-order valence-corrected chi connectivity index (χ3v) is 3.85. The summed E-state index contributed by atoms with van der Waals surface area (Å²) in [5, 5.41) is 3.58. The Bertz CT molecular complexity index is 186. The summed E-state index contributed by atoms with van der Waals surface area (Å²) in [6.45, 7) is 11.0. The van der Waals surface area contributed by atoms with E-state index in [1.165, 1.54) is 65.0 Å². The van der Waals surface area contributed by atoms with Gasteiger partial charge >= 0.3 is 0 Å². The fourth-order valence-corrected chi connectivity index (χ4v) is 2.63. The molecule has 1 aliphatic heterocycles. The number of nitrogens with one attached hydrogen (secondary N) is 1. The maximum Gasteiger partial charge on any atom is 0.0110 e. The Labute approximate surface area is 100 Å². The molecule has 0 atom stereocenters. The fourth-order valence-electron chi connectivity index (χ4n) is 2.63. The van der Waals surface area contributed by atoms with Crippen molar-refractivity contribution in [3.8, 4) is 0 Å². The summed E-state index contributed by atoms with van der Waals surface area (Å²) in [4.78, 5) is 5.19. The summed E-state index contributed by atoms with van der Waals surface area (Å²) in [6.07, 6.45) is 5.68. The predicted molar refractivity (Wildman–Crippen MR) is 68.8 cm³/mol. The molecular weight excluding hydrogens is 198 g/mol. The maximum atomic E-state index is 3.58. The van der Waals surface area contributed by atoms with E-state index in [1.54, 1.807) is 0 Å². The van der Waals surface area contributed by atoms with Crippen molar-refractivity contribution in [2.24, 2.45) is 0 Å². The lowest BCUT2D eigenvalue weighted by Crippen LogP contribution is -2.36. The smallest absolute Gasteiger partial charge is 0.0110 e. The minimum Gasteiger partial charge on any atom is -0.314 e. The maximum absolute atomic E-state index is 3.58. The van der Waals surface area contributed by atoms with Crippen LogP contribution in [0.5, 0.6) is 0 Å². The molecule has 0 aromatic carbocycles. The zero-order valence-electron chi connectivity index (χ0n) is 10.7. The van der Waals surface area contributed by atoms with Crippen LogP contribution in [0.4, 0.5) is 0 Å². The van der Waals surface area contributed by atoms with Gasteiger partial charge in [-0.05, 0) is 45.3 Å². The lowest BCUT2D eigenvalue weighted by Gasteiger charge is -2.20. The lowest BCUT2D eigenvalue weighted by molar-refractivity contribution is 0.272. The molecule has 1 aliphatic carbocycles. The van der Waals surface area contributed by atoms with Crippen molar-refractivity contribution in [3.05, 3.63) is 0 Å². The molecule has 0 amide bonds. The van der Waals surface area contributed by atoms with E-state index in [1.807, 2.05) is 0 Å². The molecule has 2 rings (SSSR count). The van der Waals surface area contributed by atoms with Gasteiger partial charge in [-0.25, -0.2) is 0 Å². The molecule has 1 N–H and O–H groups in total. The van der Waals surface area contributed by atoms with Crippen molar-refractivity contribution in [2.75, 3.05) is 45.8 Å². The van der Waals surface area contributed by atoms with E-state index in [0.717, 1.165) is 12.6 Å². The Morgan fingerprint density at radius 3 is 2.56 bits per heavy atom. The molecular formula is C13H27N3. The van der Waals surface area contributed by atoms with E-state index in [2.05, 4.69) is 22.0 Å². The van der Waals surface area contributed by atoms with Crippen LogP contribution in [0.1, 0.15) is 32.6 Å². The standard InChI is InChI=1S/C13H27N3/c1-2-16(13-5-6-13)12-8-14-7-11-15-9-3-4-10-15/h13-14H,2-12H2,1H3. The van der Waals surface area contributed by atoms with Crippen LogP contribution in [0.2, 0.25) is 0 Å². The van der Waals surface area contributed by atoms with Gasteiger partial charge in [-0.3, -0.25) is 4.90 Å². The zero-order valence-corrected chi connectivity index (χ0v) is 10.7. The van der Waals surface area contributed by atoms with E-state index in [-0.39, 0.29) is 0 Å². The van der Waals surface area contributed by atoms with Crippen LogP contribution in [0.3, 0.4) is 0 Å². The van der Waals surface area contributed by atoms with Crippen LogP contribution < -0.4 is 5.32 Å². The summed E-state index contributed by atoms with van der Waals surface area (Å²) in [5.41, 5.74) is 0. The summed E-state index contributed by atoms with van der Waals surface area (Å²) >= 11 is 0. The fraction of sp³-hybridized carbons (Fsp3) is 1.00. The molecule has 94 valence electrons. The highest BCUT2D eigenvalue weighted by Gasteiger charge is 2.26. The van der Waals surface area contributed by atoms with Crippen molar-refractivity contribution in [1.82, 2.24) is 15.1 Å². The molecule has 0 aromatic rings. The highest BCUT2D eigenvalue weighted by Crippen LogP contribution is 2.25. The Morgan fingerprint density at radius 1 is 1.19 bits per heavy atom. The molecule has 3 heteroatoms. The highest BCUT2D eigenvalue weighted by atomic mass is 15.2. The number of rotatable bonds is 8. The Kier molecular flexibility index (Phi) is 5.07. The van der Waals surface area contributed by atoms with E-state index >= 15 is 0 Å². The number of likely N-dealkylation sites (tertiary alicyclic amines) is 1. The largest absolute Gasteiger partial charge is 0.314 e. The molecule has 16 heavy (non-hydrogen) atoms. The monoisotopic (exact) mass is 225 g/mol. The number of nitrogens with zero attached hydrogens (tertiary/aromatic N) is 2. The third-order valence-electron chi connectivity index (χ3n) is 3.85. The van der Waals surface area contributed by atoms with E-state index in [9.17, 15) is 0 Å². The number of likely N-dealkylation sites (N-methyl/N-ethyl adjacent to an activating group) is 1. The van der Waals surface area contributed by atoms with Gasteiger partial charge in [0.25, 0.3) is 0 Å². The van der Waals surface area contributed by atoms with Gasteiger partial charge in [-0.15, -0.1) is 0 Å². The van der Waals surface area contributed by atoms with Gasteiger partial charge in [0.15, 0.2) is 0 Å². The number of hydrogen-bond acceptors (Lipinski definition) is 3. The van der Waals surface area contributed by atoms with Gasteiger partial charge in [0.1, 0.15) is 0 Å². The quantitative estimate of drug-likeness (QED) is 0.625. The SMILES string of the molecule is CCN(CCNCCN1CCCC1)C1CC1. The molecule has 3 nitrogen and oxygen atoms in total. The summed E-state index contributed by atoms with van der Waals surface area (Å²) in [6, 6.07) is 0.922. The molecule has 0 bridgehead atoms. The van der Waals surface area contributed by atoms with Crippen LogP contribution in [0.25, 0.3) is 0 Å². The molecule has 1 heterocycles. The van der Waals surface area contributed by atoms with Crippen molar-refractivity contribution in [3.63, 3.8) is 0 Å². The van der Waals surface area contributed by atoms with E-state index in [4.69, 9.17) is 0 Å². The van der Waals surface area contributed by atoms with Gasteiger partial charge in [0.05, 0.1) is 0 Å². The minimum atomic E-state index is 0.922. The average Bonchev–Trinajstić information content (AvgIpc) is 3.01. The molecule has 0 aromatic heterocycles. The van der Waals surface area contributed by atoms with Crippen LogP contribution in [0, 0.1) is 0 Å². The zero-order chi connectivity index (χ0) is 11.2. The van der Waals surface area contributed by atoms with Crippen LogP contribution >= 0.6 is 0 Å². The summed E-state index contributed by atoms with van der Waals surface area (Å²) in [7, 11) is 0. The Morgan fingerprint density at radius 2 is 1.94 bits per heavy atom. The molecule has 2 fully saturated rings. The van der Waals surface area contributed by atoms with Crippen molar-refractivity contribution < 1.29 is 0 Å². The summed E-state index contributed by atoms with van der Waals surface area (Å²) in [5.74, 6) is 0. The molecule has 1 saturated heterocycles. The lowest BCUT2D eigenvalue weighted by atomic mass is 10.4. The molecule has 0 spiro atoms. The second-order valence-corrected chi connectivity index (χ2v) is 5.16. The first-order valence-electron chi connectivity index (χ1n) is 7.07. The van der Waals surface area contributed by atoms with E-state index < -0.39 is 0 Å². The Balaban J connectivity index is 1.44. The van der Waals surface area contributed by atoms with Crippen LogP contribution in [-0.2, 0) is 0 Å². The molecule has 2 aliphatic rings. The van der Waals surface area contributed by atoms with Gasteiger partial charge < -0.3 is 10.2 Å². The normalized spacial score (nSPS) is 22.1. The van der Waals surface area contributed by atoms with Crippen LogP contribution in [-0.4, -0.2) is 61.7 Å². The van der Waals surface area contributed by atoms with Gasteiger partial charge in [0.2, 0.25) is 0 Å². The van der Waals surface area contributed by atoms with Crippen molar-refractivity contribution in [1.29, 1.82) is 0 Å². The van der Waals surface area contributed by atoms with Crippen LogP contribution in [0.15, 0.2) is 0 Å². The van der Waals surface area contributed by atoms with Gasteiger partial charge in [-0.1, -0.05) is 6.92 Å². The minimum absolute atomic E-state index is 0.922. The van der Waals surface area contributed by atoms with Crippen molar-refractivity contribution >= 4 is 0 Å². The third kappa shape index (κ3) is 4.04. The first-order chi connectivity index (χ1) is 7.90. The topological polar surface area (TPSA) is 18.5 Å². The predicted octanol–water partition coefficient (Wildman–Crippen LogP) is 1.16. The van der Waals surface area contributed by atoms with Crippen molar-refractivity contribution in [2.45, 2.75) is 38.6 Å². The molecule has 0 radical (unpaired) electrons. The second kappa shape index (κ2) is 6.58. The highest BCUT2D eigenvalue weighted by molar-refractivity contribution is 4.84. The first-order valence-corrected chi connectivity index (χ1v) is 7.07. The molecule has 1 saturated carbocycles. The van der Waals surface area contributed by atoms with Gasteiger partial charge in [-0.2, -0.15) is 0 Å². The first kappa shape index (κ1) is 12.3. The number of hydrogen-bond donors (Lipinski definition) is 1. The molecule has 0 unspecified atom stereocenters. The second-order valence-electron chi connectivity index (χ2n) is 5.16. The average molecular weight is 225 g/mol. The summed E-state index contributed by atoms with van der Waals surface area (Å²) < 4.78 is 0. The van der Waals surface area contributed by atoms with E-state index in [0.29, 0.717) is 0 Å².